The van der Waals surface area contributed by atoms with Gasteiger partial charge >= 0.3 is 0 Å². The highest BCUT2D eigenvalue weighted by atomic mass is 35.5. The van der Waals surface area contributed by atoms with Gasteiger partial charge in [-0.3, -0.25) is 9.69 Å². The van der Waals surface area contributed by atoms with Crippen molar-refractivity contribution in [2.24, 2.45) is 5.92 Å². The third-order valence-corrected chi connectivity index (χ3v) is 5.69. The number of piperidine rings is 1. The van der Waals surface area contributed by atoms with Crippen molar-refractivity contribution < 1.29 is 4.79 Å². The molecule has 2 N–H and O–H groups in total. The maximum atomic E-state index is 12.4. The Balaban J connectivity index is 0.00000131. The lowest BCUT2D eigenvalue weighted by molar-refractivity contribution is -0.118. The molecule has 1 amide bonds. The van der Waals surface area contributed by atoms with Crippen LogP contribution in [-0.2, 0) is 4.79 Å². The molecule has 3 aliphatic rings. The summed E-state index contributed by atoms with van der Waals surface area (Å²) < 4.78 is 0. The maximum Gasteiger partial charge on any atom is 0.241 e. The molecule has 0 radical (unpaired) electrons. The summed E-state index contributed by atoms with van der Waals surface area (Å²) >= 11 is 0. The highest BCUT2D eigenvalue weighted by molar-refractivity contribution is 5.95. The van der Waals surface area contributed by atoms with Crippen molar-refractivity contribution in [1.82, 2.24) is 10.2 Å². The Labute approximate surface area is 187 Å². The molecule has 0 unspecified atom stereocenters. The van der Waals surface area contributed by atoms with Crippen molar-refractivity contribution in [2.45, 2.75) is 38.1 Å². The highest BCUT2D eigenvalue weighted by Crippen LogP contribution is 2.30. The van der Waals surface area contributed by atoms with E-state index in [1.54, 1.807) is 0 Å². The van der Waals surface area contributed by atoms with E-state index in [1.807, 2.05) is 6.07 Å². The zero-order valence-electron chi connectivity index (χ0n) is 16.3. The number of carbonyl (C=O) groups excluding carboxylic acids is 1. The highest BCUT2D eigenvalue weighted by Gasteiger charge is 2.26. The van der Waals surface area contributed by atoms with E-state index in [0.717, 1.165) is 57.2 Å². The number of nitrogens with zero attached hydrogens (tertiary/aromatic N) is 2. The van der Waals surface area contributed by atoms with Crippen LogP contribution < -0.4 is 15.5 Å². The van der Waals surface area contributed by atoms with Crippen molar-refractivity contribution in [3.63, 3.8) is 0 Å². The summed E-state index contributed by atoms with van der Waals surface area (Å²) in [5.41, 5.74) is 2.13. The third-order valence-electron chi connectivity index (χ3n) is 5.69. The fourth-order valence-corrected chi connectivity index (χ4v) is 3.94. The number of benzene rings is 1. The van der Waals surface area contributed by atoms with E-state index >= 15 is 0 Å². The number of nitrogens with one attached hydrogen (secondary N) is 2. The minimum absolute atomic E-state index is 0. The summed E-state index contributed by atoms with van der Waals surface area (Å²) in [4.78, 5) is 17.5. The zero-order chi connectivity index (χ0) is 17.1. The fraction of sp³-hybridized carbons (Fsp3) is 0.650. The molecule has 8 heteroatoms. The van der Waals surface area contributed by atoms with E-state index < -0.39 is 0 Å². The number of hydrogen-bond acceptors (Lipinski definition) is 4. The van der Waals surface area contributed by atoms with E-state index in [0.29, 0.717) is 0 Å². The molecule has 0 bridgehead atoms. The van der Waals surface area contributed by atoms with Crippen molar-refractivity contribution in [3.8, 4) is 0 Å². The average molecular weight is 452 g/mol. The number of piperazine rings is 1. The summed E-state index contributed by atoms with van der Waals surface area (Å²) in [5.74, 6) is 1.07. The topological polar surface area (TPSA) is 47.6 Å². The second-order valence-corrected chi connectivity index (χ2v) is 7.77. The van der Waals surface area contributed by atoms with Gasteiger partial charge in [0.1, 0.15) is 0 Å². The standard InChI is InChI=1S/C20H30N4O.3ClH/c25-20(19-6-1-2-9-21-19)22-17-4-3-5-18(14-17)24-12-10-23(11-13-24)15-16-7-8-16;;;/h3-5,14,16,19,21H,1-2,6-13,15H2,(H,22,25);3*1H/t19-;;;/m1.../s1. The molecule has 3 fully saturated rings. The third kappa shape index (κ3) is 6.96. The van der Waals surface area contributed by atoms with Gasteiger partial charge in [-0.2, -0.15) is 0 Å². The molecule has 1 saturated carbocycles. The number of carbonyl (C=O) groups is 1. The first-order valence-electron chi connectivity index (χ1n) is 9.89. The van der Waals surface area contributed by atoms with Gasteiger partial charge in [-0.15, -0.1) is 37.2 Å². The van der Waals surface area contributed by atoms with Crippen LogP contribution in [0.3, 0.4) is 0 Å². The fourth-order valence-electron chi connectivity index (χ4n) is 3.94. The molecule has 28 heavy (non-hydrogen) atoms. The maximum absolute atomic E-state index is 12.4. The predicted molar refractivity (Wildman–Crippen MR) is 124 cm³/mol. The van der Waals surface area contributed by atoms with Gasteiger partial charge in [-0.25, -0.2) is 0 Å². The zero-order valence-corrected chi connectivity index (χ0v) is 18.7. The average Bonchev–Trinajstić information content (AvgIpc) is 3.47. The van der Waals surface area contributed by atoms with Gasteiger partial charge in [-0.05, 0) is 56.3 Å². The second-order valence-electron chi connectivity index (χ2n) is 7.77. The van der Waals surface area contributed by atoms with Crippen LogP contribution in [0.15, 0.2) is 24.3 Å². The van der Waals surface area contributed by atoms with Gasteiger partial charge in [0.2, 0.25) is 5.91 Å². The lowest BCUT2D eigenvalue weighted by atomic mass is 10.0. The normalized spacial score (nSPS) is 22.3. The predicted octanol–water partition coefficient (Wildman–Crippen LogP) is 3.56. The lowest BCUT2D eigenvalue weighted by Gasteiger charge is -2.36. The largest absolute Gasteiger partial charge is 0.369 e. The number of amides is 1. The van der Waals surface area contributed by atoms with Gasteiger partial charge < -0.3 is 15.5 Å². The first kappa shape index (κ1) is 25.3. The summed E-state index contributed by atoms with van der Waals surface area (Å²) in [6, 6.07) is 8.29. The molecule has 1 aliphatic carbocycles. The molecule has 5 nitrogen and oxygen atoms in total. The number of hydrogen-bond donors (Lipinski definition) is 2. The molecule has 0 spiro atoms. The Bertz CT molecular complexity index is 601. The Kier molecular flexibility index (Phi) is 10.9. The second kappa shape index (κ2) is 12.1. The van der Waals surface area contributed by atoms with Crippen molar-refractivity contribution in [1.29, 1.82) is 0 Å². The van der Waals surface area contributed by atoms with Crippen LogP contribution in [-0.4, -0.2) is 56.1 Å². The Morgan fingerprint density at radius 3 is 2.43 bits per heavy atom. The first-order valence-corrected chi connectivity index (χ1v) is 9.89. The monoisotopic (exact) mass is 450 g/mol. The molecule has 0 aromatic heterocycles. The quantitative estimate of drug-likeness (QED) is 0.718. The first-order chi connectivity index (χ1) is 12.3. The van der Waals surface area contributed by atoms with Crippen LogP contribution in [0, 0.1) is 5.92 Å². The van der Waals surface area contributed by atoms with E-state index in [4.69, 9.17) is 0 Å². The summed E-state index contributed by atoms with van der Waals surface area (Å²) in [6.45, 7) is 6.70. The Morgan fingerprint density at radius 2 is 1.79 bits per heavy atom. The van der Waals surface area contributed by atoms with Gasteiger partial charge in [0, 0.05) is 44.1 Å². The van der Waals surface area contributed by atoms with E-state index in [1.165, 1.54) is 31.5 Å². The SMILES string of the molecule is Cl.Cl.Cl.O=C(Nc1cccc(N2CCN(CC3CC3)CC2)c1)[C@H]1CCCCN1. The number of anilines is 2. The van der Waals surface area contributed by atoms with E-state index in [9.17, 15) is 4.79 Å². The van der Waals surface area contributed by atoms with Gasteiger partial charge in [0.25, 0.3) is 0 Å². The molecule has 160 valence electrons. The van der Waals surface area contributed by atoms with Crippen molar-refractivity contribution >= 4 is 54.5 Å². The van der Waals surface area contributed by atoms with Crippen molar-refractivity contribution in [3.05, 3.63) is 24.3 Å². The molecule has 2 aliphatic heterocycles. The molecular formula is C20H33Cl3N4O. The molecule has 4 rings (SSSR count). The van der Waals surface area contributed by atoms with E-state index in [-0.39, 0.29) is 49.2 Å². The lowest BCUT2D eigenvalue weighted by Crippen LogP contribution is -2.47. The van der Waals surface area contributed by atoms with Crippen LogP contribution >= 0.6 is 37.2 Å². The summed E-state index contributed by atoms with van der Waals surface area (Å²) in [6.07, 6.45) is 6.10. The summed E-state index contributed by atoms with van der Waals surface area (Å²) in [5, 5.41) is 6.41. The van der Waals surface area contributed by atoms with Crippen LogP contribution in [0.1, 0.15) is 32.1 Å². The van der Waals surface area contributed by atoms with Gasteiger partial charge in [-0.1, -0.05) is 12.5 Å². The smallest absolute Gasteiger partial charge is 0.241 e. The molecule has 1 atom stereocenters. The molecule has 1 aromatic rings. The molecular weight excluding hydrogens is 419 g/mol. The number of halogens is 3. The van der Waals surface area contributed by atoms with Crippen LogP contribution in [0.5, 0.6) is 0 Å². The molecule has 1 aromatic carbocycles. The summed E-state index contributed by atoms with van der Waals surface area (Å²) in [7, 11) is 0. The Hall–Kier alpha value is -0.720. The van der Waals surface area contributed by atoms with Crippen LogP contribution in [0.25, 0.3) is 0 Å². The Morgan fingerprint density at radius 1 is 1.04 bits per heavy atom. The van der Waals surface area contributed by atoms with Gasteiger partial charge in [0.15, 0.2) is 0 Å². The number of rotatable bonds is 5. The van der Waals surface area contributed by atoms with Crippen LogP contribution in [0.4, 0.5) is 11.4 Å². The minimum atomic E-state index is -0.0385. The van der Waals surface area contributed by atoms with Gasteiger partial charge in [0.05, 0.1) is 6.04 Å². The van der Waals surface area contributed by atoms with Crippen LogP contribution in [0.2, 0.25) is 0 Å². The van der Waals surface area contributed by atoms with Crippen molar-refractivity contribution in [2.75, 3.05) is 49.5 Å². The minimum Gasteiger partial charge on any atom is -0.369 e. The van der Waals surface area contributed by atoms with E-state index in [2.05, 4.69) is 38.6 Å². The molecule has 2 heterocycles. The molecule has 2 saturated heterocycles.